The van der Waals surface area contributed by atoms with Gasteiger partial charge in [-0.05, 0) is 32.2 Å². The number of carbonyl (C=O) groups excluding carboxylic acids is 2. The maximum Gasteiger partial charge on any atom is 0.326 e. The van der Waals surface area contributed by atoms with E-state index in [2.05, 4.69) is 6.92 Å². The van der Waals surface area contributed by atoms with E-state index < -0.39 is 17.9 Å². The summed E-state index contributed by atoms with van der Waals surface area (Å²) < 4.78 is 0. The molecule has 0 rings (SSSR count). The Morgan fingerprint density at radius 3 is 2.00 bits per heavy atom. The predicted molar refractivity (Wildman–Crippen MR) is 99.1 cm³/mol. The van der Waals surface area contributed by atoms with Crippen LogP contribution in [0.3, 0.4) is 0 Å². The number of unbranched alkanes of at least 4 members (excludes halogenated alkanes) is 9. The van der Waals surface area contributed by atoms with Gasteiger partial charge in [-0.25, -0.2) is 4.79 Å². The van der Waals surface area contributed by atoms with Gasteiger partial charge in [0, 0.05) is 6.42 Å². The van der Waals surface area contributed by atoms with Crippen LogP contribution in [0.25, 0.3) is 0 Å². The highest BCUT2D eigenvalue weighted by atomic mass is 16.4. The summed E-state index contributed by atoms with van der Waals surface area (Å²) >= 11 is 0. The van der Waals surface area contributed by atoms with E-state index in [1.807, 2.05) is 0 Å². The quantitative estimate of drug-likeness (QED) is 0.307. The first-order valence-corrected chi connectivity index (χ1v) is 9.77. The molecule has 6 nitrogen and oxygen atoms in total. The molecule has 0 aromatic heterocycles. The topological polar surface area (TPSA) is 101 Å². The minimum absolute atomic E-state index is 0.231. The summed E-state index contributed by atoms with van der Waals surface area (Å²) in [4.78, 5) is 35.6. The largest absolute Gasteiger partial charge is 0.480 e. The fourth-order valence-corrected chi connectivity index (χ4v) is 2.89. The summed E-state index contributed by atoms with van der Waals surface area (Å²) in [5, 5.41) is 9.27. The third kappa shape index (κ3) is 11.7. The van der Waals surface area contributed by atoms with Crippen molar-refractivity contribution in [2.75, 3.05) is 6.54 Å². The fraction of sp³-hybridized carbons (Fsp3) is 0.842. The number of rotatable bonds is 17. The van der Waals surface area contributed by atoms with E-state index in [9.17, 15) is 19.5 Å². The zero-order chi connectivity index (χ0) is 18.9. The second-order valence-electron chi connectivity index (χ2n) is 6.62. The Labute approximate surface area is 152 Å². The molecule has 0 aromatic carbocycles. The molecule has 0 bridgehead atoms. The van der Waals surface area contributed by atoms with E-state index in [-0.39, 0.29) is 12.8 Å². The Hall–Kier alpha value is -1.43. The van der Waals surface area contributed by atoms with E-state index in [1.54, 1.807) is 0 Å². The Kier molecular flexibility index (Phi) is 15.1. The van der Waals surface area contributed by atoms with Gasteiger partial charge in [0.2, 0.25) is 12.3 Å². The molecule has 0 aliphatic carbocycles. The van der Waals surface area contributed by atoms with E-state index in [1.165, 1.54) is 38.5 Å². The summed E-state index contributed by atoms with van der Waals surface area (Å²) in [6.07, 6.45) is 12.4. The average Bonchev–Trinajstić information content (AvgIpc) is 2.59. The van der Waals surface area contributed by atoms with Crippen molar-refractivity contribution in [3.63, 3.8) is 0 Å². The number of nitrogens with two attached hydrogens (primary N) is 1. The van der Waals surface area contributed by atoms with Crippen LogP contribution in [0.4, 0.5) is 0 Å². The van der Waals surface area contributed by atoms with Crippen molar-refractivity contribution < 1.29 is 19.5 Å². The fourth-order valence-electron chi connectivity index (χ4n) is 2.89. The molecule has 146 valence electrons. The van der Waals surface area contributed by atoms with E-state index in [0.29, 0.717) is 32.2 Å². The third-order valence-corrected chi connectivity index (χ3v) is 4.45. The standard InChI is InChI=1S/C19H36N2O4/c1-2-3-4-5-6-7-8-9-10-14-18(23)21(16-22)17(19(24)25)13-11-12-15-20/h16-17H,2-15,20H2,1H3,(H,24,25)/t17-/m0/s1. The minimum Gasteiger partial charge on any atom is -0.480 e. The van der Waals surface area contributed by atoms with Crippen LogP contribution in [0.15, 0.2) is 0 Å². The zero-order valence-corrected chi connectivity index (χ0v) is 15.8. The van der Waals surface area contributed by atoms with Gasteiger partial charge in [-0.3, -0.25) is 14.5 Å². The lowest BCUT2D eigenvalue weighted by Gasteiger charge is -2.23. The van der Waals surface area contributed by atoms with E-state index in [0.717, 1.165) is 17.7 Å². The van der Waals surface area contributed by atoms with Gasteiger partial charge in [0.25, 0.3) is 0 Å². The van der Waals surface area contributed by atoms with Crippen molar-refractivity contribution in [1.29, 1.82) is 0 Å². The van der Waals surface area contributed by atoms with Crippen molar-refractivity contribution in [3.05, 3.63) is 0 Å². The van der Waals surface area contributed by atoms with Crippen molar-refractivity contribution in [3.8, 4) is 0 Å². The summed E-state index contributed by atoms with van der Waals surface area (Å²) in [6, 6.07) is -1.07. The number of imide groups is 1. The Balaban J connectivity index is 4.05. The Bertz CT molecular complexity index is 374. The number of carboxylic acid groups (broad SMARTS) is 1. The van der Waals surface area contributed by atoms with Crippen LogP contribution >= 0.6 is 0 Å². The summed E-state index contributed by atoms with van der Waals surface area (Å²) in [5.41, 5.74) is 5.40. The predicted octanol–water partition coefficient (Wildman–Crippen LogP) is 3.47. The molecule has 0 radical (unpaired) electrons. The minimum atomic E-state index is -1.13. The van der Waals surface area contributed by atoms with Crippen molar-refractivity contribution >= 4 is 18.3 Å². The summed E-state index contributed by atoms with van der Waals surface area (Å²) in [6.45, 7) is 2.67. The van der Waals surface area contributed by atoms with Crippen LogP contribution in [0.1, 0.15) is 90.4 Å². The van der Waals surface area contributed by atoms with E-state index >= 15 is 0 Å². The highest BCUT2D eigenvalue weighted by Crippen LogP contribution is 2.13. The number of hydrogen-bond donors (Lipinski definition) is 2. The molecule has 0 saturated heterocycles. The lowest BCUT2D eigenvalue weighted by atomic mass is 10.1. The molecule has 0 aromatic rings. The number of aliphatic carboxylic acids is 1. The lowest BCUT2D eigenvalue weighted by Crippen LogP contribution is -2.44. The first-order valence-electron chi connectivity index (χ1n) is 9.77. The smallest absolute Gasteiger partial charge is 0.326 e. The van der Waals surface area contributed by atoms with Gasteiger partial charge >= 0.3 is 5.97 Å². The molecule has 0 fully saturated rings. The molecule has 1 atom stereocenters. The molecule has 0 heterocycles. The first kappa shape index (κ1) is 23.6. The highest BCUT2D eigenvalue weighted by molar-refractivity contribution is 5.91. The van der Waals surface area contributed by atoms with Gasteiger partial charge in [0.05, 0.1) is 0 Å². The second-order valence-corrected chi connectivity index (χ2v) is 6.62. The van der Waals surface area contributed by atoms with Crippen LogP contribution in [-0.2, 0) is 14.4 Å². The van der Waals surface area contributed by atoms with Crippen molar-refractivity contribution in [2.45, 2.75) is 96.4 Å². The number of carboxylic acids is 1. The molecule has 0 spiro atoms. The van der Waals surface area contributed by atoms with Gasteiger partial charge in [-0.2, -0.15) is 0 Å². The molecule has 0 unspecified atom stereocenters. The molecular weight excluding hydrogens is 320 g/mol. The summed E-state index contributed by atoms with van der Waals surface area (Å²) in [5.74, 6) is -1.53. The Morgan fingerprint density at radius 1 is 0.960 bits per heavy atom. The first-order chi connectivity index (χ1) is 12.1. The molecule has 0 saturated carbocycles. The number of nitrogens with zero attached hydrogens (tertiary/aromatic N) is 1. The molecule has 0 aliphatic rings. The molecule has 6 heteroatoms. The molecule has 2 amide bonds. The van der Waals surface area contributed by atoms with Crippen molar-refractivity contribution in [1.82, 2.24) is 4.90 Å². The van der Waals surface area contributed by atoms with Gasteiger partial charge in [-0.15, -0.1) is 0 Å². The molecular formula is C19H36N2O4. The molecule has 3 N–H and O–H groups in total. The zero-order valence-electron chi connectivity index (χ0n) is 15.8. The SMILES string of the molecule is CCCCCCCCCCCC(=O)N(C=O)[C@@H](CCCCN)C(=O)O. The average molecular weight is 357 g/mol. The van der Waals surface area contributed by atoms with Gasteiger partial charge in [-0.1, -0.05) is 58.3 Å². The lowest BCUT2D eigenvalue weighted by molar-refractivity contribution is -0.154. The molecule has 25 heavy (non-hydrogen) atoms. The van der Waals surface area contributed by atoms with Gasteiger partial charge in [0.15, 0.2) is 0 Å². The van der Waals surface area contributed by atoms with Gasteiger partial charge in [0.1, 0.15) is 6.04 Å². The monoisotopic (exact) mass is 356 g/mol. The van der Waals surface area contributed by atoms with Crippen LogP contribution in [0, 0.1) is 0 Å². The number of carbonyl (C=O) groups is 3. The Morgan fingerprint density at radius 2 is 1.52 bits per heavy atom. The van der Waals surface area contributed by atoms with Crippen LogP contribution in [-0.4, -0.2) is 40.9 Å². The maximum absolute atomic E-state index is 12.2. The number of hydrogen-bond acceptors (Lipinski definition) is 4. The van der Waals surface area contributed by atoms with Crippen LogP contribution < -0.4 is 5.73 Å². The second kappa shape index (κ2) is 16.1. The highest BCUT2D eigenvalue weighted by Gasteiger charge is 2.28. The van der Waals surface area contributed by atoms with Gasteiger partial charge < -0.3 is 10.8 Å². The molecule has 0 aliphatic heterocycles. The summed E-state index contributed by atoms with van der Waals surface area (Å²) in [7, 11) is 0. The normalized spacial score (nSPS) is 11.9. The third-order valence-electron chi connectivity index (χ3n) is 4.45. The van der Waals surface area contributed by atoms with Crippen molar-refractivity contribution in [2.24, 2.45) is 5.73 Å². The maximum atomic E-state index is 12.2. The van der Waals surface area contributed by atoms with E-state index in [4.69, 9.17) is 5.73 Å². The van der Waals surface area contributed by atoms with Crippen LogP contribution in [0.5, 0.6) is 0 Å². The number of amides is 2. The van der Waals surface area contributed by atoms with Crippen LogP contribution in [0.2, 0.25) is 0 Å².